The van der Waals surface area contributed by atoms with Gasteiger partial charge in [-0.25, -0.2) is 8.98 Å². The molecule has 0 aliphatic rings. The van der Waals surface area contributed by atoms with E-state index in [-0.39, 0.29) is 13.0 Å². The van der Waals surface area contributed by atoms with E-state index in [1.165, 1.54) is 57.8 Å². The highest BCUT2D eigenvalue weighted by atomic mass is 32.3. The molecule has 0 aromatic carbocycles. The molecule has 0 bridgehead atoms. The predicted octanol–water partition coefficient (Wildman–Crippen LogP) is 6.08. The summed E-state index contributed by atoms with van der Waals surface area (Å²) in [5, 5.41) is 0. The third kappa shape index (κ3) is 21.6. The summed E-state index contributed by atoms with van der Waals surface area (Å²) in [5.41, 5.74) is 0. The van der Waals surface area contributed by atoms with Gasteiger partial charge < -0.3 is 9.22 Å². The van der Waals surface area contributed by atoms with Crippen LogP contribution in [0.5, 0.6) is 0 Å². The highest BCUT2D eigenvalue weighted by Gasteiger charge is 2.27. The number of unbranched alkanes of at least 4 members (excludes halogenated alkanes) is 13. The Morgan fingerprint density at radius 1 is 0.758 bits per heavy atom. The van der Waals surface area contributed by atoms with E-state index in [9.17, 15) is 13.2 Å². The first-order valence-corrected chi connectivity index (χ1v) is 14.6. The molecule has 0 aliphatic carbocycles. The Morgan fingerprint density at radius 2 is 1.21 bits per heavy atom. The number of quaternary nitrogens is 1. The van der Waals surface area contributed by atoms with Crippen LogP contribution in [0.3, 0.4) is 0 Å². The van der Waals surface area contributed by atoms with Gasteiger partial charge in [0.2, 0.25) is 0 Å². The summed E-state index contributed by atoms with van der Waals surface area (Å²) < 4.78 is 41.8. The third-order valence-electron chi connectivity index (χ3n) is 6.13. The number of hydrogen-bond donors (Lipinski definition) is 1. The van der Waals surface area contributed by atoms with Gasteiger partial charge in [-0.1, -0.05) is 97.3 Å². The second-order valence-corrected chi connectivity index (χ2v) is 11.0. The van der Waals surface area contributed by atoms with Crippen molar-refractivity contribution < 1.29 is 31.2 Å². The number of ether oxygens (including phenoxy) is 1. The molecule has 0 aromatic rings. The average molecular weight is 495 g/mol. The molecule has 198 valence electrons. The van der Waals surface area contributed by atoms with E-state index < -0.39 is 22.5 Å². The van der Waals surface area contributed by atoms with E-state index >= 15 is 0 Å². The maximum atomic E-state index is 12.3. The van der Waals surface area contributed by atoms with Crippen molar-refractivity contribution in [2.24, 2.45) is 0 Å². The Kier molecular flexibility index (Phi) is 19.2. The van der Waals surface area contributed by atoms with E-state index in [0.717, 1.165) is 43.1 Å². The number of carbonyl (C=O) groups excluding carboxylic acids is 1. The summed E-state index contributed by atoms with van der Waals surface area (Å²) >= 11 is 0. The van der Waals surface area contributed by atoms with Gasteiger partial charge in [0.05, 0.1) is 20.6 Å². The third-order valence-corrected chi connectivity index (χ3v) is 6.60. The summed E-state index contributed by atoms with van der Waals surface area (Å²) in [6.07, 6.45) is 16.7. The van der Waals surface area contributed by atoms with Crippen LogP contribution in [0.1, 0.15) is 117 Å². The summed E-state index contributed by atoms with van der Waals surface area (Å²) in [4.78, 5) is 12.3. The Labute approximate surface area is 204 Å². The van der Waals surface area contributed by atoms with Crippen molar-refractivity contribution in [3.05, 3.63) is 0 Å². The molecule has 8 heteroatoms. The fourth-order valence-electron chi connectivity index (χ4n) is 3.91. The van der Waals surface area contributed by atoms with Crippen LogP contribution in [-0.2, 0) is 24.1 Å². The quantitative estimate of drug-likeness (QED) is 0.0802. The van der Waals surface area contributed by atoms with Crippen LogP contribution in [0.4, 0.5) is 0 Å². The number of nitrogens with zero attached hydrogens (tertiary/aromatic N) is 1. The smallest absolute Gasteiger partial charge is 0.398 e. The number of esters is 1. The molecule has 0 rings (SSSR count). The second-order valence-electron chi connectivity index (χ2n) is 9.95. The fraction of sp³-hybridized carbons (Fsp3) is 0.960. The van der Waals surface area contributed by atoms with Crippen LogP contribution in [0, 0.1) is 0 Å². The molecule has 0 fully saturated rings. The molecule has 1 atom stereocenters. The molecule has 1 unspecified atom stereocenters. The van der Waals surface area contributed by atoms with E-state index in [1.54, 1.807) is 0 Å². The fourth-order valence-corrected chi connectivity index (χ4v) is 4.38. The zero-order chi connectivity index (χ0) is 25.0. The number of carbonyl (C=O) groups is 1. The number of rotatable bonds is 23. The van der Waals surface area contributed by atoms with E-state index in [2.05, 4.69) is 32.1 Å². The molecule has 1 N–H and O–H groups in total. The largest absolute Gasteiger partial charge is 0.458 e. The summed E-state index contributed by atoms with van der Waals surface area (Å²) in [6.45, 7) is 6.22. The topological polar surface area (TPSA) is 89.9 Å². The Balaban J connectivity index is 4.10. The van der Waals surface area contributed by atoms with Crippen molar-refractivity contribution in [3.8, 4) is 0 Å². The lowest BCUT2D eigenvalue weighted by Gasteiger charge is -2.29. The molecule has 7 nitrogen and oxygen atoms in total. The molecule has 0 aliphatic heterocycles. The minimum atomic E-state index is -4.70. The molecule has 33 heavy (non-hydrogen) atoms. The normalized spacial score (nSPS) is 13.2. The van der Waals surface area contributed by atoms with E-state index in [0.29, 0.717) is 13.0 Å². The molecule has 0 saturated heterocycles. The average Bonchev–Trinajstić information content (AvgIpc) is 2.73. The summed E-state index contributed by atoms with van der Waals surface area (Å²) in [6, 6.07) is 0. The van der Waals surface area contributed by atoms with Crippen molar-refractivity contribution in [2.75, 3.05) is 33.8 Å². The maximum absolute atomic E-state index is 12.3. The molecule has 0 aromatic heterocycles. The van der Waals surface area contributed by atoms with Crippen molar-refractivity contribution >= 4 is 16.4 Å². The number of hydrogen-bond acceptors (Lipinski definition) is 5. The van der Waals surface area contributed by atoms with Gasteiger partial charge in [0.15, 0.2) is 6.10 Å². The van der Waals surface area contributed by atoms with Crippen LogP contribution < -0.4 is 0 Å². The second kappa shape index (κ2) is 19.6. The van der Waals surface area contributed by atoms with Crippen LogP contribution >= 0.6 is 0 Å². The van der Waals surface area contributed by atoms with Crippen molar-refractivity contribution in [3.63, 3.8) is 0 Å². The standard InChI is InChI=1S/C25H51NO6S/c1-5-7-9-11-12-13-14-15-17-19-21-26(3,4)22-23-31-25(27)24(32-33(28,29)30)20-18-16-10-8-6-2/h24H,5-23H2,1-4H3/p+1. The van der Waals surface area contributed by atoms with Gasteiger partial charge in [-0.05, 0) is 19.3 Å². The Bertz CT molecular complexity index is 579. The van der Waals surface area contributed by atoms with Gasteiger partial charge in [-0.3, -0.25) is 4.55 Å². The molecular formula is C25H52NO6S+. The van der Waals surface area contributed by atoms with Crippen LogP contribution in [0.2, 0.25) is 0 Å². The minimum Gasteiger partial charge on any atom is -0.458 e. The maximum Gasteiger partial charge on any atom is 0.398 e. The lowest BCUT2D eigenvalue weighted by Crippen LogP contribution is -2.43. The van der Waals surface area contributed by atoms with Crippen LogP contribution in [0.25, 0.3) is 0 Å². The first-order chi connectivity index (χ1) is 15.6. The van der Waals surface area contributed by atoms with E-state index in [1.807, 2.05) is 0 Å². The summed E-state index contributed by atoms with van der Waals surface area (Å²) in [7, 11) is -0.477. The van der Waals surface area contributed by atoms with Gasteiger partial charge in [-0.15, -0.1) is 0 Å². The zero-order valence-electron chi connectivity index (χ0n) is 21.9. The van der Waals surface area contributed by atoms with Gasteiger partial charge in [0, 0.05) is 0 Å². The molecular weight excluding hydrogens is 442 g/mol. The lowest BCUT2D eigenvalue weighted by atomic mass is 10.1. The molecule has 0 spiro atoms. The first kappa shape index (κ1) is 32.3. The van der Waals surface area contributed by atoms with Crippen molar-refractivity contribution in [1.29, 1.82) is 0 Å². The van der Waals surface area contributed by atoms with Crippen molar-refractivity contribution in [1.82, 2.24) is 0 Å². The Morgan fingerprint density at radius 3 is 1.70 bits per heavy atom. The van der Waals surface area contributed by atoms with Gasteiger partial charge in [0.25, 0.3) is 0 Å². The van der Waals surface area contributed by atoms with Gasteiger partial charge in [0.1, 0.15) is 13.2 Å². The highest BCUT2D eigenvalue weighted by molar-refractivity contribution is 7.80. The number of likely N-dealkylation sites (N-methyl/N-ethyl adjacent to an activating group) is 1. The first-order valence-electron chi connectivity index (χ1n) is 13.3. The van der Waals surface area contributed by atoms with Crippen LogP contribution in [0.15, 0.2) is 0 Å². The minimum absolute atomic E-state index is 0.199. The predicted molar refractivity (Wildman–Crippen MR) is 134 cm³/mol. The Hall–Kier alpha value is -0.700. The molecule has 0 radical (unpaired) electrons. The van der Waals surface area contributed by atoms with Crippen molar-refractivity contribution in [2.45, 2.75) is 123 Å². The molecule has 0 heterocycles. The molecule has 0 amide bonds. The monoisotopic (exact) mass is 494 g/mol. The SMILES string of the molecule is CCCCCCCCCCCC[N+](C)(C)CCOC(=O)C(CCCCCCC)OS(=O)(=O)O. The van der Waals surface area contributed by atoms with Crippen LogP contribution in [-0.4, -0.2) is 63.3 Å². The lowest BCUT2D eigenvalue weighted by molar-refractivity contribution is -0.890. The van der Waals surface area contributed by atoms with Gasteiger partial charge in [-0.2, -0.15) is 8.42 Å². The zero-order valence-corrected chi connectivity index (χ0v) is 22.7. The summed E-state index contributed by atoms with van der Waals surface area (Å²) in [5.74, 6) is -0.720. The van der Waals surface area contributed by atoms with Gasteiger partial charge >= 0.3 is 16.4 Å². The molecule has 0 saturated carbocycles. The van der Waals surface area contributed by atoms with E-state index in [4.69, 9.17) is 9.29 Å². The highest BCUT2D eigenvalue weighted by Crippen LogP contribution is 2.14.